The van der Waals surface area contributed by atoms with E-state index in [-0.39, 0.29) is 6.85 Å². The number of hydrogen-bond donors (Lipinski definition) is 0. The van der Waals surface area contributed by atoms with Gasteiger partial charge in [-0.25, -0.2) is 4.57 Å². The average molecular weight is 266 g/mol. The zero-order chi connectivity index (χ0) is 16.8. The lowest BCUT2D eigenvalue weighted by molar-refractivity contribution is -0.654. The minimum Gasteiger partial charge on any atom is -0.411 e. The van der Waals surface area contributed by atoms with Crippen LogP contribution in [0.2, 0.25) is 0 Å². The largest absolute Gasteiger partial charge is 0.411 e. The summed E-state index contributed by atoms with van der Waals surface area (Å²) in [5, 5.41) is 0. The molecule has 100 valence electrons. The zero-order valence-electron chi connectivity index (χ0n) is 15.1. The van der Waals surface area contributed by atoms with Crippen molar-refractivity contribution in [2.24, 2.45) is 7.05 Å². The maximum Gasteiger partial charge on any atom is 0.403 e. The van der Waals surface area contributed by atoms with Crippen LogP contribution in [0.5, 0.6) is 0 Å². The van der Waals surface area contributed by atoms with Crippen molar-refractivity contribution in [3.05, 3.63) is 59.4 Å². The molecule has 0 atom stereocenters. The molecule has 0 saturated heterocycles. The number of pyridine rings is 1. The van der Waals surface area contributed by atoms with Gasteiger partial charge in [-0.15, -0.1) is 0 Å². The summed E-state index contributed by atoms with van der Waals surface area (Å²) in [6.07, 6.45) is 5.92. The molecule has 2 aromatic rings. The number of fused-ring (bicyclic) bond motifs is 1. The molecule has 1 aromatic heterocycles. The highest BCUT2D eigenvalue weighted by Gasteiger charge is 2.35. The molecule has 0 fully saturated rings. The number of benzene rings is 1. The lowest BCUT2D eigenvalue weighted by atomic mass is 9.49. The molecule has 0 N–H and O–H groups in total. The van der Waals surface area contributed by atoms with Crippen molar-refractivity contribution in [2.45, 2.75) is 13.8 Å². The standard InChI is InChI=1S/C17H20BN2/c1-13-11-17(19(3)12-14(13)2)18-16-8-6-5-7-15(16)9-10-20(18)4/h5-12H,1-4H3/q+1/i2D3. The minimum atomic E-state index is -2.09. The van der Waals surface area contributed by atoms with Gasteiger partial charge in [0.1, 0.15) is 7.05 Å². The molecule has 0 bridgehead atoms. The molecule has 3 heteroatoms. The predicted octanol–water partition coefficient (Wildman–Crippen LogP) is 1.15. The molecule has 1 aromatic carbocycles. The maximum absolute atomic E-state index is 7.68. The van der Waals surface area contributed by atoms with E-state index >= 15 is 0 Å². The van der Waals surface area contributed by atoms with Gasteiger partial charge in [0.2, 0.25) is 0 Å². The summed E-state index contributed by atoms with van der Waals surface area (Å²) in [7, 11) is 3.96. The highest BCUT2D eigenvalue weighted by atomic mass is 15.0. The Balaban J connectivity index is 2.16. The Labute approximate surface area is 125 Å². The summed E-state index contributed by atoms with van der Waals surface area (Å²) in [5.41, 5.74) is 4.72. The van der Waals surface area contributed by atoms with E-state index in [1.54, 1.807) is 6.20 Å². The van der Waals surface area contributed by atoms with E-state index in [1.807, 2.05) is 43.8 Å². The van der Waals surface area contributed by atoms with Crippen LogP contribution in [0.3, 0.4) is 0 Å². The topological polar surface area (TPSA) is 7.12 Å². The van der Waals surface area contributed by atoms with Gasteiger partial charge in [-0.3, -0.25) is 0 Å². The van der Waals surface area contributed by atoms with Gasteiger partial charge in [-0.2, -0.15) is 0 Å². The summed E-state index contributed by atoms with van der Waals surface area (Å²) < 4.78 is 25.0. The molecular weight excluding hydrogens is 243 g/mol. The van der Waals surface area contributed by atoms with Crippen molar-refractivity contribution in [1.29, 1.82) is 0 Å². The molecule has 0 spiro atoms. The van der Waals surface area contributed by atoms with Crippen LogP contribution >= 0.6 is 0 Å². The first-order chi connectivity index (χ1) is 10.8. The van der Waals surface area contributed by atoms with E-state index in [1.165, 1.54) is 11.0 Å². The van der Waals surface area contributed by atoms with Crippen LogP contribution in [0.4, 0.5) is 0 Å². The molecular formula is C17H20BN2+. The molecule has 0 unspecified atom stereocenters. The monoisotopic (exact) mass is 266 g/mol. The Morgan fingerprint density at radius 1 is 1.25 bits per heavy atom. The normalized spacial score (nSPS) is 16.4. The molecule has 2 heterocycles. The van der Waals surface area contributed by atoms with Gasteiger partial charge in [0, 0.05) is 15.7 Å². The van der Waals surface area contributed by atoms with Gasteiger partial charge in [0.05, 0.1) is 0 Å². The van der Waals surface area contributed by atoms with Crippen LogP contribution < -0.4 is 15.6 Å². The third kappa shape index (κ3) is 2.03. The molecule has 20 heavy (non-hydrogen) atoms. The van der Waals surface area contributed by atoms with Gasteiger partial charge in [0.25, 0.3) is 0 Å². The van der Waals surface area contributed by atoms with Crippen LogP contribution in [0.15, 0.2) is 42.7 Å². The minimum absolute atomic E-state index is 0.0746. The van der Waals surface area contributed by atoms with Gasteiger partial charge in [-0.1, -0.05) is 24.3 Å². The Kier molecular flexibility index (Phi) is 2.37. The quantitative estimate of drug-likeness (QED) is 0.555. The second-order valence-electron chi connectivity index (χ2n) is 5.42. The molecule has 1 aliphatic heterocycles. The van der Waals surface area contributed by atoms with Crippen molar-refractivity contribution in [2.75, 3.05) is 7.05 Å². The van der Waals surface area contributed by atoms with Crippen molar-refractivity contribution >= 4 is 24.0 Å². The fraction of sp³-hybridized carbons (Fsp3) is 0.235. The van der Waals surface area contributed by atoms with Crippen molar-refractivity contribution in [1.82, 2.24) is 4.81 Å². The smallest absolute Gasteiger partial charge is 0.403 e. The summed E-state index contributed by atoms with van der Waals surface area (Å²) >= 11 is 0. The number of hydrogen-bond acceptors (Lipinski definition) is 1. The summed E-state index contributed by atoms with van der Waals surface area (Å²) in [6, 6.07) is 10.3. The Morgan fingerprint density at radius 3 is 2.85 bits per heavy atom. The second kappa shape index (κ2) is 4.82. The molecule has 1 aliphatic rings. The van der Waals surface area contributed by atoms with Crippen molar-refractivity contribution in [3.63, 3.8) is 0 Å². The number of aryl methyl sites for hydroxylation is 3. The fourth-order valence-corrected chi connectivity index (χ4v) is 2.83. The predicted molar refractivity (Wildman–Crippen MR) is 85.4 cm³/mol. The number of rotatable bonds is 1. The highest BCUT2D eigenvalue weighted by molar-refractivity contribution is 6.82. The van der Waals surface area contributed by atoms with Gasteiger partial charge < -0.3 is 4.81 Å². The Hall–Kier alpha value is -2.03. The third-order valence-electron chi connectivity index (χ3n) is 3.99. The fourth-order valence-electron chi connectivity index (χ4n) is 2.83. The first kappa shape index (κ1) is 9.81. The van der Waals surface area contributed by atoms with E-state index in [4.69, 9.17) is 4.11 Å². The van der Waals surface area contributed by atoms with Crippen LogP contribution in [0.1, 0.15) is 20.8 Å². The van der Waals surface area contributed by atoms with Gasteiger partial charge >= 0.3 is 6.85 Å². The highest BCUT2D eigenvalue weighted by Crippen LogP contribution is 2.10. The number of nitrogens with zero attached hydrogens (tertiary/aromatic N) is 2. The van der Waals surface area contributed by atoms with Gasteiger partial charge in [0.15, 0.2) is 11.8 Å². The zero-order valence-corrected chi connectivity index (χ0v) is 12.1. The number of aromatic nitrogens is 1. The SMILES string of the molecule is [2H]C([2H])([2H])c1c[n+](C)c(B2c3ccccc3C=CN2C)cc1C. The van der Waals surface area contributed by atoms with Gasteiger partial charge in [-0.05, 0) is 49.7 Å². The second-order valence-corrected chi connectivity index (χ2v) is 5.42. The maximum atomic E-state index is 7.68. The van der Waals surface area contributed by atoms with Crippen molar-refractivity contribution < 1.29 is 8.68 Å². The van der Waals surface area contributed by atoms with Crippen LogP contribution in [-0.2, 0) is 7.05 Å². The summed E-state index contributed by atoms with van der Waals surface area (Å²) in [5.74, 6) is 0. The summed E-state index contributed by atoms with van der Waals surface area (Å²) in [6.45, 7) is -0.141. The molecule has 0 saturated carbocycles. The van der Waals surface area contributed by atoms with E-state index in [0.717, 1.165) is 11.2 Å². The van der Waals surface area contributed by atoms with Crippen molar-refractivity contribution in [3.8, 4) is 0 Å². The lowest BCUT2D eigenvalue weighted by Gasteiger charge is -2.27. The first-order valence-corrected chi connectivity index (χ1v) is 6.79. The third-order valence-corrected chi connectivity index (χ3v) is 3.99. The summed E-state index contributed by atoms with van der Waals surface area (Å²) in [4.78, 5) is 2.16. The molecule has 3 rings (SSSR count). The van der Waals surface area contributed by atoms with Crippen LogP contribution in [-0.4, -0.2) is 18.7 Å². The first-order valence-electron chi connectivity index (χ1n) is 8.29. The average Bonchev–Trinajstić information content (AvgIpc) is 2.48. The molecule has 0 radical (unpaired) electrons. The van der Waals surface area contributed by atoms with E-state index in [2.05, 4.69) is 29.2 Å². The molecule has 0 aliphatic carbocycles. The van der Waals surface area contributed by atoms with E-state index in [9.17, 15) is 0 Å². The van der Waals surface area contributed by atoms with E-state index in [0.29, 0.717) is 5.56 Å². The van der Waals surface area contributed by atoms with Crippen LogP contribution in [0, 0.1) is 13.8 Å². The Morgan fingerprint density at radius 2 is 2.05 bits per heavy atom. The molecule has 0 amide bonds. The molecule has 2 nitrogen and oxygen atoms in total. The van der Waals surface area contributed by atoms with Crippen LogP contribution in [0.25, 0.3) is 6.08 Å². The lowest BCUT2D eigenvalue weighted by Crippen LogP contribution is -2.65. The van der Waals surface area contributed by atoms with E-state index < -0.39 is 6.85 Å². The Bertz CT molecular complexity index is 784.